The first-order valence-electron chi connectivity index (χ1n) is 6.80. The summed E-state index contributed by atoms with van der Waals surface area (Å²) in [6.07, 6.45) is -10.4. The highest BCUT2D eigenvalue weighted by Gasteiger charge is 2.41. The lowest BCUT2D eigenvalue weighted by Gasteiger charge is -2.23. The van der Waals surface area contributed by atoms with Crippen molar-refractivity contribution in [2.75, 3.05) is 11.9 Å². The lowest BCUT2D eigenvalue weighted by atomic mass is 10.1. The van der Waals surface area contributed by atoms with Gasteiger partial charge in [0, 0.05) is 11.8 Å². The maximum atomic E-state index is 12.9. The molecule has 0 saturated carbocycles. The minimum atomic E-state index is -5.27. The first-order valence-corrected chi connectivity index (χ1v) is 6.80. The maximum absolute atomic E-state index is 12.9. The highest BCUT2D eigenvalue weighted by atomic mass is 19.4. The van der Waals surface area contributed by atoms with Crippen LogP contribution in [0.2, 0.25) is 0 Å². The van der Waals surface area contributed by atoms with Crippen molar-refractivity contribution >= 4 is 23.2 Å². The van der Waals surface area contributed by atoms with Gasteiger partial charge < -0.3 is 15.7 Å². The highest BCUT2D eigenvalue weighted by molar-refractivity contribution is 5.97. The largest absolute Gasteiger partial charge is 0.471 e. The number of aliphatic hydroxyl groups is 1. The molecule has 150 valence electrons. The second-order valence-corrected chi connectivity index (χ2v) is 5.40. The fourth-order valence-electron chi connectivity index (χ4n) is 1.70. The number of nitrogens with zero attached hydrogens (tertiary/aromatic N) is 1. The summed E-state index contributed by atoms with van der Waals surface area (Å²) in [5.41, 5.74) is -6.21. The standard InChI is InChI=1S/C13H11F6N3O5/c1-11(25,5-20-10(24)13(17,18)19)9(23)21-6-2-3-8(22(26)27)7(4-6)12(14,15)16/h2-4,25H,5H2,1H3,(H,20,24)(H,21,23)/t11-/m1/s1. The second kappa shape index (κ2) is 7.38. The molecule has 0 bridgehead atoms. The topological polar surface area (TPSA) is 122 Å². The Bertz CT molecular complexity index is 760. The number of halogens is 6. The molecule has 1 atom stereocenters. The van der Waals surface area contributed by atoms with Crippen molar-refractivity contribution in [3.63, 3.8) is 0 Å². The van der Waals surface area contributed by atoms with E-state index in [2.05, 4.69) is 0 Å². The third kappa shape index (κ3) is 5.80. The van der Waals surface area contributed by atoms with Crippen LogP contribution < -0.4 is 10.6 Å². The fourth-order valence-corrected chi connectivity index (χ4v) is 1.70. The van der Waals surface area contributed by atoms with Gasteiger partial charge in [0.1, 0.15) is 5.56 Å². The van der Waals surface area contributed by atoms with Gasteiger partial charge in [-0.05, 0) is 19.1 Å². The lowest BCUT2D eigenvalue weighted by Crippen LogP contribution is -2.51. The Hall–Kier alpha value is -2.90. The number of hydrogen-bond donors (Lipinski definition) is 3. The van der Waals surface area contributed by atoms with Crippen LogP contribution in [0.3, 0.4) is 0 Å². The van der Waals surface area contributed by atoms with E-state index in [1.54, 1.807) is 5.32 Å². The van der Waals surface area contributed by atoms with Crippen molar-refractivity contribution in [1.29, 1.82) is 0 Å². The minimum Gasteiger partial charge on any atom is -0.378 e. The number of nitro groups is 1. The molecule has 2 amide bonds. The van der Waals surface area contributed by atoms with Crippen molar-refractivity contribution in [3.05, 3.63) is 33.9 Å². The van der Waals surface area contributed by atoms with Crippen molar-refractivity contribution in [1.82, 2.24) is 5.32 Å². The summed E-state index contributed by atoms with van der Waals surface area (Å²) in [4.78, 5) is 31.9. The zero-order valence-electron chi connectivity index (χ0n) is 13.2. The summed E-state index contributed by atoms with van der Waals surface area (Å²) in [5.74, 6) is -3.89. The molecule has 0 unspecified atom stereocenters. The molecule has 27 heavy (non-hydrogen) atoms. The van der Waals surface area contributed by atoms with E-state index in [0.29, 0.717) is 13.0 Å². The Morgan fingerprint density at radius 2 is 1.70 bits per heavy atom. The predicted octanol–water partition coefficient (Wildman–Crippen LogP) is 1.98. The number of carbonyl (C=O) groups is 2. The van der Waals surface area contributed by atoms with Crippen LogP contribution in [-0.4, -0.2) is 40.2 Å². The number of nitro benzene ring substituents is 1. The fraction of sp³-hybridized carbons (Fsp3) is 0.385. The molecule has 0 aromatic heterocycles. The molecule has 0 heterocycles. The van der Waals surface area contributed by atoms with E-state index >= 15 is 0 Å². The maximum Gasteiger partial charge on any atom is 0.471 e. The molecule has 0 fully saturated rings. The molecule has 8 nitrogen and oxygen atoms in total. The number of alkyl halides is 6. The monoisotopic (exact) mass is 403 g/mol. The van der Waals surface area contributed by atoms with E-state index in [4.69, 9.17) is 0 Å². The van der Waals surface area contributed by atoms with Gasteiger partial charge in [0.25, 0.3) is 11.6 Å². The van der Waals surface area contributed by atoms with Crippen LogP contribution in [-0.2, 0) is 15.8 Å². The molecule has 3 N–H and O–H groups in total. The second-order valence-electron chi connectivity index (χ2n) is 5.40. The average molecular weight is 403 g/mol. The Morgan fingerprint density at radius 1 is 1.15 bits per heavy atom. The first-order chi connectivity index (χ1) is 12.1. The predicted molar refractivity (Wildman–Crippen MR) is 76.4 cm³/mol. The van der Waals surface area contributed by atoms with Crippen LogP contribution in [0.1, 0.15) is 12.5 Å². The van der Waals surface area contributed by atoms with Gasteiger partial charge in [-0.15, -0.1) is 0 Å². The molecule has 0 aliphatic heterocycles. The molecule has 0 radical (unpaired) electrons. The van der Waals surface area contributed by atoms with Crippen LogP contribution in [0.5, 0.6) is 0 Å². The number of anilines is 1. The smallest absolute Gasteiger partial charge is 0.378 e. The number of amides is 2. The summed E-state index contributed by atoms with van der Waals surface area (Å²) >= 11 is 0. The number of benzene rings is 1. The van der Waals surface area contributed by atoms with Gasteiger partial charge in [-0.3, -0.25) is 19.7 Å². The van der Waals surface area contributed by atoms with E-state index in [-0.39, 0.29) is 6.07 Å². The Kier molecular flexibility index (Phi) is 6.05. The molecular weight excluding hydrogens is 392 g/mol. The summed E-state index contributed by atoms with van der Waals surface area (Å²) in [6, 6.07) is 1.41. The van der Waals surface area contributed by atoms with Gasteiger partial charge in [-0.2, -0.15) is 26.3 Å². The third-order valence-electron chi connectivity index (χ3n) is 3.10. The number of nitrogens with one attached hydrogen (secondary N) is 2. The van der Waals surface area contributed by atoms with Crippen molar-refractivity contribution in [2.45, 2.75) is 24.9 Å². The van der Waals surface area contributed by atoms with Crippen LogP contribution in [0, 0.1) is 10.1 Å². The van der Waals surface area contributed by atoms with Crippen LogP contribution in [0.4, 0.5) is 37.7 Å². The molecular formula is C13H11F6N3O5. The molecule has 1 aromatic carbocycles. The van der Waals surface area contributed by atoms with Crippen molar-refractivity contribution < 1.29 is 46.0 Å². The SMILES string of the molecule is C[C@@](O)(CNC(=O)C(F)(F)F)C(=O)Nc1ccc([N+](=O)[O-])c(C(F)(F)F)c1. The van der Waals surface area contributed by atoms with Gasteiger partial charge in [0.2, 0.25) is 0 Å². The normalized spacial score (nSPS) is 14.2. The molecule has 1 rings (SSSR count). The molecule has 0 aliphatic rings. The van der Waals surface area contributed by atoms with Crippen LogP contribution in [0.25, 0.3) is 0 Å². The number of carbonyl (C=O) groups excluding carboxylic acids is 2. The van der Waals surface area contributed by atoms with E-state index in [0.717, 1.165) is 6.07 Å². The Morgan fingerprint density at radius 3 is 2.15 bits per heavy atom. The molecule has 0 spiro atoms. The van der Waals surface area contributed by atoms with Gasteiger partial charge >= 0.3 is 18.3 Å². The number of hydrogen-bond acceptors (Lipinski definition) is 5. The number of rotatable bonds is 5. The zero-order chi connectivity index (χ0) is 21.2. The van der Waals surface area contributed by atoms with Gasteiger partial charge in [-0.25, -0.2) is 0 Å². The summed E-state index contributed by atoms with van der Waals surface area (Å²) in [6.45, 7) is -0.495. The van der Waals surface area contributed by atoms with E-state index < -0.39 is 58.2 Å². The van der Waals surface area contributed by atoms with Gasteiger partial charge in [0.15, 0.2) is 5.60 Å². The third-order valence-corrected chi connectivity index (χ3v) is 3.10. The van der Waals surface area contributed by atoms with Crippen molar-refractivity contribution in [3.8, 4) is 0 Å². The first kappa shape index (κ1) is 22.1. The van der Waals surface area contributed by atoms with Crippen LogP contribution >= 0.6 is 0 Å². The van der Waals surface area contributed by atoms with Gasteiger partial charge in [-0.1, -0.05) is 0 Å². The highest BCUT2D eigenvalue weighted by Crippen LogP contribution is 2.37. The summed E-state index contributed by atoms with van der Waals surface area (Å²) in [5, 5.41) is 23.5. The lowest BCUT2D eigenvalue weighted by molar-refractivity contribution is -0.388. The average Bonchev–Trinajstić information content (AvgIpc) is 2.50. The minimum absolute atomic E-state index is 0.223. The Labute approximate surface area is 146 Å². The van der Waals surface area contributed by atoms with E-state index in [1.165, 1.54) is 5.32 Å². The van der Waals surface area contributed by atoms with Crippen LogP contribution in [0.15, 0.2) is 18.2 Å². The molecule has 1 aromatic rings. The molecule has 14 heteroatoms. The van der Waals surface area contributed by atoms with Crippen molar-refractivity contribution in [2.24, 2.45) is 0 Å². The summed E-state index contributed by atoms with van der Waals surface area (Å²) < 4.78 is 74.8. The van der Waals surface area contributed by atoms with Gasteiger partial charge in [0.05, 0.1) is 11.5 Å². The zero-order valence-corrected chi connectivity index (χ0v) is 13.2. The molecule has 0 aliphatic carbocycles. The van der Waals surface area contributed by atoms with E-state index in [9.17, 15) is 51.2 Å². The Balaban J connectivity index is 2.98. The molecule has 0 saturated heterocycles. The van der Waals surface area contributed by atoms with E-state index in [1.807, 2.05) is 0 Å². The summed E-state index contributed by atoms with van der Waals surface area (Å²) in [7, 11) is 0. The quantitative estimate of drug-likeness (QED) is 0.394.